The molecule has 0 aromatic carbocycles. The number of esters is 2. The van der Waals surface area contributed by atoms with Crippen LogP contribution in [0.3, 0.4) is 0 Å². The molecule has 0 saturated carbocycles. The first-order valence-electron chi connectivity index (χ1n) is 3.26. The predicted molar refractivity (Wildman–Crippen MR) is 49.7 cm³/mol. The lowest BCUT2D eigenvalue weighted by atomic mass is 10.6. The molecule has 11 heteroatoms. The van der Waals surface area contributed by atoms with Crippen LogP contribution in [0.2, 0.25) is 0 Å². The van der Waals surface area contributed by atoms with Crippen LogP contribution >= 0.6 is 0 Å². The lowest BCUT2D eigenvalue weighted by Crippen LogP contribution is -2.09. The van der Waals surface area contributed by atoms with Crippen molar-refractivity contribution in [2.24, 2.45) is 0 Å². The fourth-order valence-electron chi connectivity index (χ4n) is 0.348. The summed E-state index contributed by atoms with van der Waals surface area (Å²) in [4.78, 5) is 21.1. The zero-order chi connectivity index (χ0) is 13.7. The maximum absolute atomic E-state index is 10.6. The van der Waals surface area contributed by atoms with Crippen LogP contribution in [0.25, 0.3) is 0 Å². The molecule has 0 rings (SSSR count). The van der Waals surface area contributed by atoms with Crippen LogP contribution in [-0.4, -0.2) is 37.9 Å². The molecule has 0 spiro atoms. The molecule has 0 aromatic heterocycles. The Hall–Kier alpha value is -1.92. The molecule has 92 valence electrons. The van der Waals surface area contributed by atoms with E-state index in [-0.39, 0.29) is 0 Å². The van der Waals surface area contributed by atoms with E-state index in [1.807, 2.05) is 0 Å². The minimum Gasteiger partial charge on any atom is -0.373 e. The molecule has 0 saturated heterocycles. The summed E-state index contributed by atoms with van der Waals surface area (Å²) in [5, 5.41) is 2.07. The van der Waals surface area contributed by atoms with Gasteiger partial charge in [-0.05, 0) is 0 Å². The van der Waals surface area contributed by atoms with Gasteiger partial charge in [0, 0.05) is 11.8 Å². The average molecular weight is 282 g/mol. The van der Waals surface area contributed by atoms with Gasteiger partial charge in [0.2, 0.25) is 0 Å². The normalized spacial score (nSPS) is 10.2. The SMILES string of the molecule is O=C(C#CS(=O)(=O)O)OC(=O)C#CS(=O)(=O)O. The van der Waals surface area contributed by atoms with Crippen LogP contribution in [0.5, 0.6) is 0 Å². The van der Waals surface area contributed by atoms with E-state index in [1.54, 1.807) is 0 Å². The van der Waals surface area contributed by atoms with E-state index in [0.717, 1.165) is 10.5 Å². The molecular formula is C6H2O9S2. The Morgan fingerprint density at radius 2 is 1.12 bits per heavy atom. The predicted octanol–water partition coefficient (Wildman–Crippen LogP) is -2.25. The third-order valence-corrected chi connectivity index (χ3v) is 1.47. The Morgan fingerprint density at radius 3 is 1.35 bits per heavy atom. The summed E-state index contributed by atoms with van der Waals surface area (Å²) in [6.45, 7) is 0. The maximum Gasteiger partial charge on any atom is 0.393 e. The van der Waals surface area contributed by atoms with Crippen molar-refractivity contribution < 1.29 is 40.3 Å². The van der Waals surface area contributed by atoms with Gasteiger partial charge in [0.05, 0.1) is 10.5 Å². The highest BCUT2D eigenvalue weighted by Crippen LogP contribution is 1.82. The number of hydrogen-bond acceptors (Lipinski definition) is 7. The van der Waals surface area contributed by atoms with Gasteiger partial charge in [-0.1, -0.05) is 0 Å². The van der Waals surface area contributed by atoms with E-state index in [0.29, 0.717) is 0 Å². The molecule has 0 heterocycles. The Balaban J connectivity index is 4.67. The van der Waals surface area contributed by atoms with Crippen LogP contribution in [0.4, 0.5) is 0 Å². The Bertz CT molecular complexity index is 598. The highest BCUT2D eigenvalue weighted by atomic mass is 32.2. The second-order valence-corrected chi connectivity index (χ2v) is 4.39. The minimum atomic E-state index is -4.74. The van der Waals surface area contributed by atoms with Gasteiger partial charge in [-0.3, -0.25) is 9.11 Å². The Morgan fingerprint density at radius 1 is 0.824 bits per heavy atom. The third-order valence-electron chi connectivity index (χ3n) is 0.750. The lowest BCUT2D eigenvalue weighted by Gasteiger charge is -1.88. The molecule has 0 bridgehead atoms. The van der Waals surface area contributed by atoms with Crippen molar-refractivity contribution in [1.29, 1.82) is 0 Å². The van der Waals surface area contributed by atoms with Gasteiger partial charge < -0.3 is 4.74 Å². The molecule has 0 atom stereocenters. The molecule has 2 N–H and O–H groups in total. The summed E-state index contributed by atoms with van der Waals surface area (Å²) in [5.74, 6) is -0.964. The Labute approximate surface area is 95.3 Å². The van der Waals surface area contributed by atoms with Gasteiger partial charge in [-0.15, -0.1) is 0 Å². The van der Waals surface area contributed by atoms with Gasteiger partial charge >= 0.3 is 32.2 Å². The van der Waals surface area contributed by atoms with E-state index in [2.05, 4.69) is 4.74 Å². The first kappa shape index (κ1) is 15.1. The van der Waals surface area contributed by atoms with E-state index in [4.69, 9.17) is 9.11 Å². The van der Waals surface area contributed by atoms with E-state index >= 15 is 0 Å². The topological polar surface area (TPSA) is 152 Å². The van der Waals surface area contributed by atoms with Crippen LogP contribution in [0.1, 0.15) is 0 Å². The van der Waals surface area contributed by atoms with Crippen LogP contribution < -0.4 is 0 Å². The van der Waals surface area contributed by atoms with E-state index < -0.39 is 32.2 Å². The molecule has 0 aliphatic carbocycles. The summed E-state index contributed by atoms with van der Waals surface area (Å²) >= 11 is 0. The molecule has 0 aliphatic heterocycles. The highest BCUT2D eigenvalue weighted by Gasteiger charge is 2.07. The number of hydrogen-bond donors (Lipinski definition) is 2. The zero-order valence-electron chi connectivity index (χ0n) is 7.57. The van der Waals surface area contributed by atoms with Crippen molar-refractivity contribution in [1.82, 2.24) is 0 Å². The molecular weight excluding hydrogens is 280 g/mol. The number of carbonyl (C=O) groups is 2. The van der Waals surface area contributed by atoms with Gasteiger partial charge in [-0.25, -0.2) is 9.59 Å². The maximum atomic E-state index is 10.6. The zero-order valence-corrected chi connectivity index (χ0v) is 9.20. The number of rotatable bonds is 0. The van der Waals surface area contributed by atoms with Crippen molar-refractivity contribution in [3.63, 3.8) is 0 Å². The molecule has 9 nitrogen and oxygen atoms in total. The van der Waals surface area contributed by atoms with Crippen LogP contribution in [0, 0.1) is 22.3 Å². The molecule has 0 aromatic rings. The van der Waals surface area contributed by atoms with Gasteiger partial charge in [0.15, 0.2) is 0 Å². The van der Waals surface area contributed by atoms with E-state index in [1.165, 1.54) is 11.8 Å². The van der Waals surface area contributed by atoms with Crippen molar-refractivity contribution in [3.8, 4) is 22.3 Å². The van der Waals surface area contributed by atoms with Gasteiger partial charge in [0.1, 0.15) is 0 Å². The van der Waals surface area contributed by atoms with Crippen LogP contribution in [0.15, 0.2) is 0 Å². The molecule has 17 heavy (non-hydrogen) atoms. The van der Waals surface area contributed by atoms with E-state index in [9.17, 15) is 26.4 Å². The first-order chi connectivity index (χ1) is 7.49. The van der Waals surface area contributed by atoms with Gasteiger partial charge in [-0.2, -0.15) is 16.8 Å². The fourth-order valence-corrected chi connectivity index (χ4v) is 0.772. The Kier molecular flexibility index (Phi) is 4.81. The van der Waals surface area contributed by atoms with Crippen molar-refractivity contribution in [2.45, 2.75) is 0 Å². The van der Waals surface area contributed by atoms with Crippen molar-refractivity contribution >= 4 is 32.2 Å². The summed E-state index contributed by atoms with van der Waals surface area (Å²) in [6.07, 6.45) is 0. The second-order valence-electron chi connectivity index (χ2n) is 2.08. The molecule has 0 aliphatic rings. The largest absolute Gasteiger partial charge is 0.393 e. The molecule has 0 unspecified atom stereocenters. The quantitative estimate of drug-likeness (QED) is 0.217. The van der Waals surface area contributed by atoms with Crippen LogP contribution in [-0.2, 0) is 34.6 Å². The van der Waals surface area contributed by atoms with Crippen molar-refractivity contribution in [3.05, 3.63) is 0 Å². The summed E-state index contributed by atoms with van der Waals surface area (Å²) in [6, 6.07) is 0. The van der Waals surface area contributed by atoms with Gasteiger partial charge in [0.25, 0.3) is 0 Å². The number of ether oxygens (including phenoxy) is 1. The first-order valence-corrected chi connectivity index (χ1v) is 6.14. The third kappa shape index (κ3) is 10.4. The molecule has 0 fully saturated rings. The summed E-state index contributed by atoms with van der Waals surface area (Å²) < 4.78 is 59.9. The molecule has 0 radical (unpaired) electrons. The lowest BCUT2D eigenvalue weighted by molar-refractivity contribution is -0.151. The molecule has 0 amide bonds. The standard InChI is InChI=1S/C6H2O9S2/c7-5(1-3-16(9,10)11)15-6(8)2-4-17(12,13)14/h(H,9,10,11)(H,12,13,14). The summed E-state index contributed by atoms with van der Waals surface area (Å²) in [5.41, 5.74) is 0. The summed E-state index contributed by atoms with van der Waals surface area (Å²) in [7, 11) is -9.47. The van der Waals surface area contributed by atoms with Crippen molar-refractivity contribution in [2.75, 3.05) is 0 Å². The smallest absolute Gasteiger partial charge is 0.373 e. The number of carbonyl (C=O) groups excluding carboxylic acids is 2. The average Bonchev–Trinajstić information content (AvgIpc) is 2.09. The minimum absolute atomic E-state index is 1.03. The highest BCUT2D eigenvalue weighted by molar-refractivity contribution is 7.90. The monoisotopic (exact) mass is 282 g/mol. The second kappa shape index (κ2) is 5.42. The fraction of sp³-hybridized carbons (Fsp3) is 0.